The van der Waals surface area contributed by atoms with Gasteiger partial charge in [-0.1, -0.05) is 36.2 Å². The van der Waals surface area contributed by atoms with Crippen LogP contribution in [0, 0.1) is 5.92 Å². The zero-order chi connectivity index (χ0) is 19.8. The van der Waals surface area contributed by atoms with Crippen LogP contribution in [0.4, 0.5) is 0 Å². The molecule has 0 saturated heterocycles. The molecule has 0 aliphatic carbocycles. The van der Waals surface area contributed by atoms with E-state index >= 15 is 0 Å². The normalized spacial score (nSPS) is 13.0. The molecule has 1 atom stereocenters. The molecule has 1 unspecified atom stereocenters. The summed E-state index contributed by atoms with van der Waals surface area (Å²) in [6, 6.07) is 8.74. The van der Waals surface area contributed by atoms with E-state index in [2.05, 4.69) is 9.97 Å². The molecule has 6 heteroatoms. The Morgan fingerprint density at radius 2 is 1.89 bits per heavy atom. The Morgan fingerprint density at radius 3 is 2.56 bits per heavy atom. The average molecular weight is 403 g/mol. The zero-order valence-electron chi connectivity index (χ0n) is 15.3. The number of fused-ring (bicyclic) bond motifs is 1. The molecule has 2 heterocycles. The first kappa shape index (κ1) is 19.7. The monoisotopic (exact) mass is 402 g/mol. The second-order valence-corrected chi connectivity index (χ2v) is 8.11. The van der Waals surface area contributed by atoms with Crippen LogP contribution in [0.2, 0.25) is 10.0 Å². The highest BCUT2D eigenvalue weighted by Gasteiger charge is 2.25. The van der Waals surface area contributed by atoms with Gasteiger partial charge in [-0.2, -0.15) is 0 Å². The largest absolute Gasteiger partial charge is 0.390 e. The molecule has 0 radical (unpaired) electrons. The Bertz CT molecular complexity index is 1010. The first-order valence-electron chi connectivity index (χ1n) is 8.62. The van der Waals surface area contributed by atoms with Gasteiger partial charge >= 0.3 is 0 Å². The maximum absolute atomic E-state index is 12.7. The molecule has 0 fully saturated rings. The highest BCUT2D eigenvalue weighted by atomic mass is 35.5. The third-order valence-corrected chi connectivity index (χ3v) is 5.35. The van der Waals surface area contributed by atoms with Gasteiger partial charge in [0.2, 0.25) is 0 Å². The van der Waals surface area contributed by atoms with E-state index in [1.54, 1.807) is 44.4 Å². The first-order valence-corrected chi connectivity index (χ1v) is 9.38. The molecule has 2 aromatic heterocycles. The van der Waals surface area contributed by atoms with Crippen molar-refractivity contribution in [3.05, 3.63) is 58.5 Å². The predicted octanol–water partition coefficient (Wildman–Crippen LogP) is 5.58. The molecule has 1 aromatic carbocycles. The fraction of sp³-hybridized carbons (Fsp3) is 0.286. The van der Waals surface area contributed by atoms with Gasteiger partial charge in [-0.05, 0) is 44.0 Å². The van der Waals surface area contributed by atoms with E-state index in [-0.39, 0.29) is 18.1 Å². The molecule has 0 aliphatic heterocycles. The highest BCUT2D eigenvalue weighted by Crippen LogP contribution is 2.34. The number of carbonyl (C=O) groups is 1. The Kier molecular flexibility index (Phi) is 5.52. The van der Waals surface area contributed by atoms with Crippen LogP contribution in [0.15, 0.2) is 42.7 Å². The van der Waals surface area contributed by atoms with Crippen LogP contribution in [-0.4, -0.2) is 26.5 Å². The fourth-order valence-corrected chi connectivity index (χ4v) is 3.25. The number of Topliss-reactive ketones (excluding diaryl/α,β-unsaturated/α-hetero) is 1. The summed E-state index contributed by atoms with van der Waals surface area (Å²) in [6.45, 7) is 5.25. The zero-order valence-corrected chi connectivity index (χ0v) is 16.8. The topological polar surface area (TPSA) is 63.1 Å². The minimum Gasteiger partial charge on any atom is -0.390 e. The van der Waals surface area contributed by atoms with E-state index in [0.717, 1.165) is 16.5 Å². The maximum Gasteiger partial charge on any atom is 0.181 e. The summed E-state index contributed by atoms with van der Waals surface area (Å²) in [7, 11) is 0. The summed E-state index contributed by atoms with van der Waals surface area (Å²) >= 11 is 12.3. The van der Waals surface area contributed by atoms with E-state index < -0.39 is 5.60 Å². The molecular weight excluding hydrogens is 383 g/mol. The van der Waals surface area contributed by atoms with E-state index in [9.17, 15) is 9.90 Å². The summed E-state index contributed by atoms with van der Waals surface area (Å²) in [6.07, 6.45) is 3.59. The maximum atomic E-state index is 12.7. The Hall–Kier alpha value is -2.01. The lowest BCUT2D eigenvalue weighted by Crippen LogP contribution is -2.30. The standard InChI is InChI=1S/C21H20Cl2N2O2/c1-12(21(2,3)27)8-19(26)18-7-4-13-10-24-11-16(20(13)25-18)15-6-5-14(22)9-17(15)23/h4-7,9-12,27H,8H2,1-3H3. The number of pyridine rings is 2. The Morgan fingerprint density at radius 1 is 1.15 bits per heavy atom. The van der Waals surface area contributed by atoms with Crippen molar-refractivity contribution in [1.29, 1.82) is 0 Å². The van der Waals surface area contributed by atoms with Crippen molar-refractivity contribution in [2.75, 3.05) is 0 Å². The SMILES string of the molecule is CC(CC(=O)c1ccc2cncc(-c3ccc(Cl)cc3Cl)c2n1)C(C)(C)O. The third kappa shape index (κ3) is 4.29. The first-order chi connectivity index (χ1) is 12.7. The molecule has 0 amide bonds. The van der Waals surface area contributed by atoms with Gasteiger partial charge in [-0.15, -0.1) is 0 Å². The quantitative estimate of drug-likeness (QED) is 0.565. The molecule has 3 aromatic rings. The van der Waals surface area contributed by atoms with Crippen molar-refractivity contribution in [3.8, 4) is 11.1 Å². The summed E-state index contributed by atoms with van der Waals surface area (Å²) in [4.78, 5) is 21.5. The molecular formula is C21H20Cl2N2O2. The van der Waals surface area contributed by atoms with Crippen LogP contribution in [0.25, 0.3) is 22.0 Å². The van der Waals surface area contributed by atoms with Crippen molar-refractivity contribution in [3.63, 3.8) is 0 Å². The van der Waals surface area contributed by atoms with Crippen molar-refractivity contribution >= 4 is 39.9 Å². The number of hydrogen-bond acceptors (Lipinski definition) is 4. The van der Waals surface area contributed by atoms with E-state index in [0.29, 0.717) is 21.3 Å². The van der Waals surface area contributed by atoms with Crippen molar-refractivity contribution < 1.29 is 9.90 Å². The van der Waals surface area contributed by atoms with Crippen molar-refractivity contribution in [2.24, 2.45) is 5.92 Å². The summed E-state index contributed by atoms with van der Waals surface area (Å²) in [5.74, 6) is -0.304. The molecule has 1 N–H and O–H groups in total. The van der Waals surface area contributed by atoms with E-state index in [1.165, 1.54) is 0 Å². The van der Waals surface area contributed by atoms with E-state index in [4.69, 9.17) is 23.2 Å². The van der Waals surface area contributed by atoms with Crippen LogP contribution in [0.5, 0.6) is 0 Å². The van der Waals surface area contributed by atoms with Crippen LogP contribution < -0.4 is 0 Å². The van der Waals surface area contributed by atoms with Gasteiger partial charge < -0.3 is 5.11 Å². The minimum atomic E-state index is -0.932. The van der Waals surface area contributed by atoms with Gasteiger partial charge in [0.15, 0.2) is 5.78 Å². The lowest BCUT2D eigenvalue weighted by atomic mass is 9.88. The molecule has 0 bridgehead atoms. The predicted molar refractivity (Wildman–Crippen MR) is 109 cm³/mol. The molecule has 0 aliphatic rings. The number of nitrogens with zero attached hydrogens (tertiary/aromatic N) is 2. The lowest BCUT2D eigenvalue weighted by molar-refractivity contribution is 0.0213. The number of halogens is 2. The lowest BCUT2D eigenvalue weighted by Gasteiger charge is -2.25. The van der Waals surface area contributed by atoms with Gasteiger partial charge in [0.05, 0.1) is 16.1 Å². The van der Waals surface area contributed by atoms with Crippen molar-refractivity contribution in [2.45, 2.75) is 32.8 Å². The summed E-state index contributed by atoms with van der Waals surface area (Å²) in [5.41, 5.74) is 1.56. The van der Waals surface area contributed by atoms with Gasteiger partial charge in [0, 0.05) is 40.4 Å². The van der Waals surface area contributed by atoms with Crippen LogP contribution >= 0.6 is 23.2 Å². The van der Waals surface area contributed by atoms with Crippen LogP contribution in [0.1, 0.15) is 37.7 Å². The third-order valence-electron chi connectivity index (χ3n) is 4.80. The molecule has 4 nitrogen and oxygen atoms in total. The van der Waals surface area contributed by atoms with Gasteiger partial charge in [0.25, 0.3) is 0 Å². The number of carbonyl (C=O) groups excluding carboxylic acids is 1. The minimum absolute atomic E-state index is 0.114. The Labute approximate surface area is 168 Å². The Balaban J connectivity index is 2.05. The molecule has 27 heavy (non-hydrogen) atoms. The number of aromatic nitrogens is 2. The molecule has 3 rings (SSSR count). The second kappa shape index (κ2) is 7.55. The molecule has 140 valence electrons. The van der Waals surface area contributed by atoms with Gasteiger partial charge in [-0.3, -0.25) is 9.78 Å². The van der Waals surface area contributed by atoms with Gasteiger partial charge in [0.1, 0.15) is 5.69 Å². The number of hydrogen-bond donors (Lipinski definition) is 1. The second-order valence-electron chi connectivity index (χ2n) is 7.26. The smallest absolute Gasteiger partial charge is 0.181 e. The summed E-state index contributed by atoms with van der Waals surface area (Å²) in [5, 5.41) is 11.9. The highest BCUT2D eigenvalue weighted by molar-refractivity contribution is 6.36. The number of ketones is 1. The average Bonchev–Trinajstić information content (AvgIpc) is 2.60. The van der Waals surface area contributed by atoms with Crippen LogP contribution in [0.3, 0.4) is 0 Å². The van der Waals surface area contributed by atoms with Crippen molar-refractivity contribution in [1.82, 2.24) is 9.97 Å². The number of aliphatic hydroxyl groups is 1. The van der Waals surface area contributed by atoms with E-state index in [1.807, 2.05) is 19.1 Å². The van der Waals surface area contributed by atoms with Gasteiger partial charge in [-0.25, -0.2) is 4.98 Å². The number of benzene rings is 1. The summed E-state index contributed by atoms with van der Waals surface area (Å²) < 4.78 is 0. The number of rotatable bonds is 5. The van der Waals surface area contributed by atoms with Crippen LogP contribution in [-0.2, 0) is 0 Å². The molecule has 0 saturated carbocycles. The fourth-order valence-electron chi connectivity index (χ4n) is 2.74. The molecule has 0 spiro atoms.